The number of rotatable bonds is 24. The van der Waals surface area contributed by atoms with Crippen molar-refractivity contribution in [1.29, 1.82) is 0 Å². The Balaban J connectivity index is 1.69. The van der Waals surface area contributed by atoms with Crippen molar-refractivity contribution in [2.45, 2.75) is 71.1 Å². The zero-order valence-corrected chi connectivity index (χ0v) is 20.8. The van der Waals surface area contributed by atoms with Gasteiger partial charge in [0.1, 0.15) is 6.61 Å². The summed E-state index contributed by atoms with van der Waals surface area (Å²) in [5, 5.41) is 0. The number of esters is 1. The lowest BCUT2D eigenvalue weighted by atomic mass is 10.1. The standard InChI is InChI=1S/C27H46O6/c1-2-3-4-5-6-7-8-9-10-14-17-29-18-19-30-20-21-31-22-23-32-24-25-33-27(28)26-15-12-11-13-16-26/h11-13,15-16H,2-10,14,17-25H2,1H3. The molecule has 0 saturated carbocycles. The normalized spacial score (nSPS) is 11.1. The minimum Gasteiger partial charge on any atom is -0.460 e. The van der Waals surface area contributed by atoms with Gasteiger partial charge in [0, 0.05) is 6.61 Å². The second-order valence-corrected chi connectivity index (χ2v) is 8.13. The Labute approximate surface area is 201 Å². The van der Waals surface area contributed by atoms with Gasteiger partial charge in [-0.2, -0.15) is 0 Å². The highest BCUT2D eigenvalue weighted by atomic mass is 16.6. The van der Waals surface area contributed by atoms with E-state index >= 15 is 0 Å². The molecule has 0 unspecified atom stereocenters. The molecule has 0 aliphatic carbocycles. The van der Waals surface area contributed by atoms with E-state index in [1.54, 1.807) is 24.3 Å². The third-order valence-electron chi connectivity index (χ3n) is 5.23. The molecule has 0 radical (unpaired) electrons. The van der Waals surface area contributed by atoms with Gasteiger partial charge >= 0.3 is 5.97 Å². The highest BCUT2D eigenvalue weighted by molar-refractivity contribution is 5.89. The summed E-state index contributed by atoms with van der Waals surface area (Å²) >= 11 is 0. The van der Waals surface area contributed by atoms with Crippen LogP contribution in [0.4, 0.5) is 0 Å². The van der Waals surface area contributed by atoms with Crippen molar-refractivity contribution in [3.63, 3.8) is 0 Å². The van der Waals surface area contributed by atoms with E-state index in [1.807, 2.05) is 6.07 Å². The Kier molecular flexibility index (Phi) is 21.2. The van der Waals surface area contributed by atoms with Crippen molar-refractivity contribution < 1.29 is 28.5 Å². The third-order valence-corrected chi connectivity index (χ3v) is 5.23. The first kappa shape index (κ1) is 29.6. The van der Waals surface area contributed by atoms with Crippen LogP contribution in [0.25, 0.3) is 0 Å². The molecule has 0 N–H and O–H groups in total. The fraction of sp³-hybridized carbons (Fsp3) is 0.741. The Hall–Kier alpha value is -1.47. The Bertz CT molecular complexity index is 537. The Morgan fingerprint density at radius 1 is 0.545 bits per heavy atom. The van der Waals surface area contributed by atoms with Crippen LogP contribution in [0.15, 0.2) is 30.3 Å². The average Bonchev–Trinajstić information content (AvgIpc) is 2.85. The first-order valence-electron chi connectivity index (χ1n) is 12.9. The number of hydrogen-bond acceptors (Lipinski definition) is 6. The number of unbranched alkanes of at least 4 members (excludes halogenated alkanes) is 9. The molecule has 1 aromatic carbocycles. The smallest absolute Gasteiger partial charge is 0.338 e. The second kappa shape index (κ2) is 23.7. The molecule has 0 aliphatic heterocycles. The predicted octanol–water partition coefficient (Wildman–Crippen LogP) is 5.83. The molecular formula is C27H46O6. The molecule has 6 nitrogen and oxygen atoms in total. The van der Waals surface area contributed by atoms with Gasteiger partial charge in [-0.25, -0.2) is 4.79 Å². The number of benzene rings is 1. The maximum Gasteiger partial charge on any atom is 0.338 e. The lowest BCUT2D eigenvalue weighted by Crippen LogP contribution is -2.14. The summed E-state index contributed by atoms with van der Waals surface area (Å²) in [5.41, 5.74) is 0.546. The lowest BCUT2D eigenvalue weighted by Gasteiger charge is -2.08. The predicted molar refractivity (Wildman–Crippen MR) is 132 cm³/mol. The third kappa shape index (κ3) is 19.7. The zero-order chi connectivity index (χ0) is 23.7. The first-order chi connectivity index (χ1) is 16.3. The van der Waals surface area contributed by atoms with Crippen LogP contribution in [-0.4, -0.2) is 65.4 Å². The van der Waals surface area contributed by atoms with Gasteiger partial charge in [-0.15, -0.1) is 0 Å². The fourth-order valence-electron chi connectivity index (χ4n) is 3.30. The minimum atomic E-state index is -0.333. The second-order valence-electron chi connectivity index (χ2n) is 8.13. The first-order valence-corrected chi connectivity index (χ1v) is 12.9. The maximum absolute atomic E-state index is 11.7. The quantitative estimate of drug-likeness (QED) is 0.141. The summed E-state index contributed by atoms with van der Waals surface area (Å²) in [6, 6.07) is 8.92. The highest BCUT2D eigenvalue weighted by Crippen LogP contribution is 2.10. The van der Waals surface area contributed by atoms with Crippen molar-refractivity contribution in [2.75, 3.05) is 59.5 Å². The number of carbonyl (C=O) groups is 1. The van der Waals surface area contributed by atoms with Crippen LogP contribution in [-0.2, 0) is 23.7 Å². The Morgan fingerprint density at radius 2 is 0.970 bits per heavy atom. The molecule has 0 spiro atoms. The lowest BCUT2D eigenvalue weighted by molar-refractivity contribution is -0.00913. The van der Waals surface area contributed by atoms with Crippen LogP contribution in [0.2, 0.25) is 0 Å². The number of hydrogen-bond donors (Lipinski definition) is 0. The molecule has 0 atom stereocenters. The van der Waals surface area contributed by atoms with E-state index in [4.69, 9.17) is 23.7 Å². The monoisotopic (exact) mass is 466 g/mol. The van der Waals surface area contributed by atoms with Crippen LogP contribution >= 0.6 is 0 Å². The number of carbonyl (C=O) groups excluding carboxylic acids is 1. The molecule has 1 rings (SSSR count). The van der Waals surface area contributed by atoms with Gasteiger partial charge < -0.3 is 23.7 Å². The van der Waals surface area contributed by atoms with Crippen LogP contribution < -0.4 is 0 Å². The van der Waals surface area contributed by atoms with Crippen LogP contribution in [0.1, 0.15) is 81.5 Å². The van der Waals surface area contributed by atoms with Crippen molar-refractivity contribution >= 4 is 5.97 Å². The molecule has 0 aromatic heterocycles. The van der Waals surface area contributed by atoms with Crippen LogP contribution in [0, 0.1) is 0 Å². The summed E-state index contributed by atoms with van der Waals surface area (Å²) in [4.78, 5) is 11.7. The van der Waals surface area contributed by atoms with E-state index in [9.17, 15) is 4.79 Å². The fourth-order valence-corrected chi connectivity index (χ4v) is 3.30. The van der Waals surface area contributed by atoms with Gasteiger partial charge in [0.15, 0.2) is 0 Å². The summed E-state index contributed by atoms with van der Waals surface area (Å²) in [7, 11) is 0. The highest BCUT2D eigenvalue weighted by Gasteiger charge is 2.05. The van der Waals surface area contributed by atoms with Gasteiger partial charge in [-0.1, -0.05) is 82.9 Å². The summed E-state index contributed by atoms with van der Waals surface area (Å²) < 4.78 is 27.1. The van der Waals surface area contributed by atoms with Gasteiger partial charge in [0.2, 0.25) is 0 Å². The zero-order valence-electron chi connectivity index (χ0n) is 20.8. The average molecular weight is 467 g/mol. The SMILES string of the molecule is CCCCCCCCCCCCOCCOCCOCCOCCOC(=O)c1ccccc1. The van der Waals surface area contributed by atoms with Gasteiger partial charge in [0.05, 0.1) is 51.8 Å². The molecule has 0 heterocycles. The van der Waals surface area contributed by atoms with Crippen molar-refractivity contribution in [1.82, 2.24) is 0 Å². The molecule has 0 bridgehead atoms. The topological polar surface area (TPSA) is 63.2 Å². The van der Waals surface area contributed by atoms with Crippen molar-refractivity contribution in [3.05, 3.63) is 35.9 Å². The van der Waals surface area contributed by atoms with E-state index in [-0.39, 0.29) is 12.6 Å². The molecule has 0 amide bonds. The molecule has 33 heavy (non-hydrogen) atoms. The molecule has 0 saturated heterocycles. The van der Waals surface area contributed by atoms with Gasteiger partial charge in [0.25, 0.3) is 0 Å². The molecule has 190 valence electrons. The van der Waals surface area contributed by atoms with E-state index in [0.29, 0.717) is 51.8 Å². The number of ether oxygens (including phenoxy) is 5. The summed E-state index contributed by atoms with van der Waals surface area (Å²) in [5.74, 6) is -0.333. The van der Waals surface area contributed by atoms with Crippen molar-refractivity contribution in [2.24, 2.45) is 0 Å². The minimum absolute atomic E-state index is 0.232. The van der Waals surface area contributed by atoms with Gasteiger partial charge in [-0.3, -0.25) is 0 Å². The molecule has 6 heteroatoms. The summed E-state index contributed by atoms with van der Waals surface area (Å²) in [6.45, 7) is 6.96. The molecule has 1 aromatic rings. The van der Waals surface area contributed by atoms with E-state index in [1.165, 1.54) is 57.8 Å². The summed E-state index contributed by atoms with van der Waals surface area (Å²) in [6.07, 6.45) is 13.4. The van der Waals surface area contributed by atoms with Gasteiger partial charge in [-0.05, 0) is 18.6 Å². The molecule has 0 aliphatic rings. The Morgan fingerprint density at radius 3 is 1.48 bits per heavy atom. The van der Waals surface area contributed by atoms with E-state index < -0.39 is 0 Å². The largest absolute Gasteiger partial charge is 0.460 e. The maximum atomic E-state index is 11.7. The molecular weight excluding hydrogens is 420 g/mol. The van der Waals surface area contributed by atoms with Crippen LogP contribution in [0.5, 0.6) is 0 Å². The van der Waals surface area contributed by atoms with E-state index in [2.05, 4.69) is 6.92 Å². The van der Waals surface area contributed by atoms with Crippen LogP contribution in [0.3, 0.4) is 0 Å². The van der Waals surface area contributed by atoms with Crippen molar-refractivity contribution in [3.8, 4) is 0 Å². The molecule has 0 fully saturated rings. The van der Waals surface area contributed by atoms with E-state index in [0.717, 1.165) is 13.0 Å².